The van der Waals surface area contributed by atoms with E-state index in [-0.39, 0.29) is 5.75 Å². The standard InChI is InChI=1S/C15H9F3O5/c16-15(17,18)9-6-7-10(23-8-4-2-1-3-5-8)12(14(21)22)11(9)13(19)20/h1-7H,(H,19,20)(H,21,22). The van der Waals surface area contributed by atoms with Gasteiger partial charge in [0.05, 0.1) is 11.1 Å². The van der Waals surface area contributed by atoms with Gasteiger partial charge in [-0.2, -0.15) is 13.2 Å². The number of hydrogen-bond acceptors (Lipinski definition) is 3. The van der Waals surface area contributed by atoms with Crippen LogP contribution in [0.5, 0.6) is 11.5 Å². The normalized spacial score (nSPS) is 11.1. The molecule has 0 saturated heterocycles. The first-order valence-corrected chi connectivity index (χ1v) is 6.15. The summed E-state index contributed by atoms with van der Waals surface area (Å²) < 4.78 is 44.0. The molecule has 0 atom stereocenters. The van der Waals surface area contributed by atoms with E-state index in [2.05, 4.69) is 0 Å². The molecule has 0 aliphatic rings. The molecule has 0 aliphatic heterocycles. The number of ether oxygens (including phenoxy) is 1. The topological polar surface area (TPSA) is 83.8 Å². The molecule has 0 heterocycles. The summed E-state index contributed by atoms with van der Waals surface area (Å²) in [7, 11) is 0. The van der Waals surface area contributed by atoms with E-state index in [1.165, 1.54) is 12.1 Å². The number of rotatable bonds is 4. The van der Waals surface area contributed by atoms with E-state index in [0.717, 1.165) is 6.07 Å². The average Bonchev–Trinajstić information content (AvgIpc) is 2.46. The van der Waals surface area contributed by atoms with Crippen molar-refractivity contribution in [2.75, 3.05) is 0 Å². The van der Waals surface area contributed by atoms with Crippen molar-refractivity contribution in [1.82, 2.24) is 0 Å². The fourth-order valence-electron chi connectivity index (χ4n) is 1.95. The molecule has 0 unspecified atom stereocenters. The summed E-state index contributed by atoms with van der Waals surface area (Å²) in [4.78, 5) is 22.5. The maximum atomic E-state index is 12.9. The van der Waals surface area contributed by atoms with E-state index in [4.69, 9.17) is 14.9 Å². The van der Waals surface area contributed by atoms with Crippen LogP contribution in [0.25, 0.3) is 0 Å². The summed E-state index contributed by atoms with van der Waals surface area (Å²) in [6.45, 7) is 0. The lowest BCUT2D eigenvalue weighted by Crippen LogP contribution is -2.18. The van der Waals surface area contributed by atoms with E-state index in [1.54, 1.807) is 18.2 Å². The van der Waals surface area contributed by atoms with Gasteiger partial charge in [0, 0.05) is 0 Å². The molecule has 0 aliphatic carbocycles. The summed E-state index contributed by atoms with van der Waals surface area (Å²) in [6, 6.07) is 8.95. The van der Waals surface area contributed by atoms with Crippen molar-refractivity contribution < 1.29 is 37.7 Å². The zero-order valence-electron chi connectivity index (χ0n) is 11.3. The minimum atomic E-state index is -5.01. The highest BCUT2D eigenvalue weighted by Crippen LogP contribution is 2.38. The van der Waals surface area contributed by atoms with Crippen molar-refractivity contribution in [3.05, 3.63) is 59.2 Å². The van der Waals surface area contributed by atoms with E-state index in [0.29, 0.717) is 6.07 Å². The second-order valence-electron chi connectivity index (χ2n) is 4.38. The quantitative estimate of drug-likeness (QED) is 0.890. The van der Waals surface area contributed by atoms with Gasteiger partial charge in [0.1, 0.15) is 17.1 Å². The molecule has 5 nitrogen and oxygen atoms in total. The van der Waals surface area contributed by atoms with Crippen LogP contribution in [0.15, 0.2) is 42.5 Å². The van der Waals surface area contributed by atoms with Gasteiger partial charge in [-0.3, -0.25) is 0 Å². The van der Waals surface area contributed by atoms with Gasteiger partial charge < -0.3 is 14.9 Å². The Hall–Kier alpha value is -3.03. The lowest BCUT2D eigenvalue weighted by atomic mass is 9.99. The summed E-state index contributed by atoms with van der Waals surface area (Å²) in [6.07, 6.45) is -5.01. The number of para-hydroxylation sites is 1. The molecule has 0 saturated carbocycles. The van der Waals surface area contributed by atoms with Gasteiger partial charge in [-0.25, -0.2) is 9.59 Å². The largest absolute Gasteiger partial charge is 0.478 e. The smallest absolute Gasteiger partial charge is 0.417 e. The van der Waals surface area contributed by atoms with Crippen LogP contribution in [0, 0.1) is 0 Å². The molecule has 2 aromatic rings. The van der Waals surface area contributed by atoms with Crippen molar-refractivity contribution >= 4 is 11.9 Å². The number of carbonyl (C=O) groups is 2. The molecule has 0 bridgehead atoms. The second-order valence-corrected chi connectivity index (χ2v) is 4.38. The van der Waals surface area contributed by atoms with Gasteiger partial charge in [-0.15, -0.1) is 0 Å². The molecule has 0 fully saturated rings. The van der Waals surface area contributed by atoms with Crippen LogP contribution in [0.4, 0.5) is 13.2 Å². The van der Waals surface area contributed by atoms with Gasteiger partial charge in [0.15, 0.2) is 0 Å². The van der Waals surface area contributed by atoms with Crippen LogP contribution < -0.4 is 4.74 Å². The third-order valence-corrected chi connectivity index (χ3v) is 2.87. The third kappa shape index (κ3) is 3.42. The summed E-state index contributed by atoms with van der Waals surface area (Å²) in [5, 5.41) is 18.2. The van der Waals surface area contributed by atoms with E-state index in [1.807, 2.05) is 0 Å². The van der Waals surface area contributed by atoms with Crippen LogP contribution in [0.3, 0.4) is 0 Å². The molecular formula is C15H9F3O5. The van der Waals surface area contributed by atoms with Gasteiger partial charge in [0.25, 0.3) is 0 Å². The Kier molecular flexibility index (Phi) is 4.26. The van der Waals surface area contributed by atoms with Crippen molar-refractivity contribution in [2.24, 2.45) is 0 Å². The van der Waals surface area contributed by atoms with Crippen molar-refractivity contribution in [3.8, 4) is 11.5 Å². The Morgan fingerprint density at radius 1 is 0.870 bits per heavy atom. The number of benzene rings is 2. The Morgan fingerprint density at radius 2 is 1.43 bits per heavy atom. The van der Waals surface area contributed by atoms with Crippen molar-refractivity contribution in [2.45, 2.75) is 6.18 Å². The third-order valence-electron chi connectivity index (χ3n) is 2.87. The Morgan fingerprint density at radius 3 is 1.91 bits per heavy atom. The molecule has 2 aromatic carbocycles. The van der Waals surface area contributed by atoms with Crippen LogP contribution >= 0.6 is 0 Å². The summed E-state index contributed by atoms with van der Waals surface area (Å²) in [5.74, 6) is -4.17. The van der Waals surface area contributed by atoms with Crippen molar-refractivity contribution in [3.63, 3.8) is 0 Å². The number of carboxylic acid groups (broad SMARTS) is 2. The number of alkyl halides is 3. The first-order valence-electron chi connectivity index (χ1n) is 6.15. The molecular weight excluding hydrogens is 317 g/mol. The average molecular weight is 326 g/mol. The highest BCUT2D eigenvalue weighted by Gasteiger charge is 2.39. The number of aromatic carboxylic acids is 2. The molecule has 0 radical (unpaired) electrons. The maximum Gasteiger partial charge on any atom is 0.417 e. The van der Waals surface area contributed by atoms with Gasteiger partial charge in [-0.1, -0.05) is 18.2 Å². The monoisotopic (exact) mass is 326 g/mol. The van der Waals surface area contributed by atoms with Crippen LogP contribution in [-0.4, -0.2) is 22.2 Å². The van der Waals surface area contributed by atoms with E-state index in [9.17, 15) is 22.8 Å². The van der Waals surface area contributed by atoms with E-state index >= 15 is 0 Å². The molecule has 0 amide bonds. The minimum absolute atomic E-state index is 0.158. The lowest BCUT2D eigenvalue weighted by Gasteiger charge is -2.16. The number of carboxylic acids is 2. The predicted molar refractivity (Wildman–Crippen MR) is 71.9 cm³/mol. The maximum absolute atomic E-state index is 12.9. The van der Waals surface area contributed by atoms with E-state index < -0.39 is 40.6 Å². The predicted octanol–water partition coefficient (Wildman–Crippen LogP) is 3.89. The Bertz CT molecular complexity index is 754. The zero-order chi connectivity index (χ0) is 17.2. The van der Waals surface area contributed by atoms with Gasteiger partial charge in [-0.05, 0) is 24.3 Å². The first kappa shape index (κ1) is 16.3. The molecule has 0 aromatic heterocycles. The van der Waals surface area contributed by atoms with Crippen molar-refractivity contribution in [1.29, 1.82) is 0 Å². The zero-order valence-corrected chi connectivity index (χ0v) is 11.3. The summed E-state index contributed by atoms with van der Waals surface area (Å²) in [5.41, 5.74) is -3.97. The molecule has 2 N–H and O–H groups in total. The minimum Gasteiger partial charge on any atom is -0.478 e. The fraction of sp³-hybridized carbons (Fsp3) is 0.0667. The molecule has 120 valence electrons. The van der Waals surface area contributed by atoms with Gasteiger partial charge in [0.2, 0.25) is 0 Å². The lowest BCUT2D eigenvalue weighted by molar-refractivity contribution is -0.138. The Balaban J connectivity index is 2.67. The molecule has 8 heteroatoms. The van der Waals surface area contributed by atoms with Crippen LogP contribution in [-0.2, 0) is 6.18 Å². The van der Waals surface area contributed by atoms with Crippen LogP contribution in [0.2, 0.25) is 0 Å². The molecule has 23 heavy (non-hydrogen) atoms. The SMILES string of the molecule is O=C(O)c1c(Oc2ccccc2)ccc(C(F)(F)F)c1C(=O)O. The Labute approximate surface area is 127 Å². The number of halogens is 3. The highest BCUT2D eigenvalue weighted by atomic mass is 19.4. The van der Waals surface area contributed by atoms with Gasteiger partial charge >= 0.3 is 18.1 Å². The molecule has 0 spiro atoms. The first-order chi connectivity index (χ1) is 10.7. The number of hydrogen-bond donors (Lipinski definition) is 2. The second kappa shape index (κ2) is 5.99. The van der Waals surface area contributed by atoms with Crippen LogP contribution in [0.1, 0.15) is 26.3 Å². The summed E-state index contributed by atoms with van der Waals surface area (Å²) >= 11 is 0. The molecule has 2 rings (SSSR count). The fourth-order valence-corrected chi connectivity index (χ4v) is 1.95. The highest BCUT2D eigenvalue weighted by molar-refractivity contribution is 6.05.